The molecule has 3 aromatic carbocycles. The van der Waals surface area contributed by atoms with Crippen LogP contribution in [0.25, 0.3) is 0 Å². The number of carbonyl (C=O) groups excluding carboxylic acids is 1. The molecule has 0 bridgehead atoms. The Kier molecular flexibility index (Phi) is 5.12. The number of anilines is 2. The fourth-order valence-corrected chi connectivity index (χ4v) is 4.98. The number of phenols is 1. The van der Waals surface area contributed by atoms with Gasteiger partial charge in [-0.05, 0) is 54.3 Å². The SMILES string of the molecule is O=C1CC(c2ccccc2Cl)CC2=C1C(c1cc(Cl)ccc1O)Nc1ccccc1N2. The van der Waals surface area contributed by atoms with Crippen LogP contribution in [0, 0.1) is 0 Å². The van der Waals surface area contributed by atoms with Crippen molar-refractivity contribution in [3.8, 4) is 5.75 Å². The van der Waals surface area contributed by atoms with E-state index in [4.69, 9.17) is 23.2 Å². The molecule has 0 spiro atoms. The summed E-state index contributed by atoms with van der Waals surface area (Å²) >= 11 is 12.7. The van der Waals surface area contributed by atoms with Crippen LogP contribution in [0.5, 0.6) is 5.75 Å². The summed E-state index contributed by atoms with van der Waals surface area (Å²) in [5, 5.41) is 18.7. The molecule has 3 N–H and O–H groups in total. The summed E-state index contributed by atoms with van der Waals surface area (Å²) in [5.74, 6) is 0.0869. The summed E-state index contributed by atoms with van der Waals surface area (Å²) in [5.41, 5.74) is 4.73. The third kappa shape index (κ3) is 3.67. The lowest BCUT2D eigenvalue weighted by Gasteiger charge is -2.30. The zero-order chi connectivity index (χ0) is 21.5. The zero-order valence-electron chi connectivity index (χ0n) is 16.5. The smallest absolute Gasteiger partial charge is 0.163 e. The number of carbonyl (C=O) groups is 1. The molecule has 0 fully saturated rings. The largest absolute Gasteiger partial charge is 0.508 e. The minimum absolute atomic E-state index is 0.0170. The van der Waals surface area contributed by atoms with Gasteiger partial charge in [-0.25, -0.2) is 0 Å². The van der Waals surface area contributed by atoms with Crippen molar-refractivity contribution in [2.45, 2.75) is 24.8 Å². The molecule has 1 aliphatic carbocycles. The van der Waals surface area contributed by atoms with Crippen molar-refractivity contribution in [2.75, 3.05) is 10.6 Å². The van der Waals surface area contributed by atoms with Gasteiger partial charge in [-0.2, -0.15) is 0 Å². The molecular formula is C25H20Cl2N2O2. The first-order valence-corrected chi connectivity index (χ1v) is 10.9. The first kappa shape index (κ1) is 20.0. The Balaban J connectivity index is 1.65. The van der Waals surface area contributed by atoms with E-state index in [1.807, 2.05) is 48.5 Å². The van der Waals surface area contributed by atoms with Gasteiger partial charge in [0, 0.05) is 33.3 Å². The van der Waals surface area contributed by atoms with Gasteiger partial charge in [-0.1, -0.05) is 53.5 Å². The number of benzene rings is 3. The average Bonchev–Trinajstić information content (AvgIpc) is 2.92. The molecule has 0 saturated heterocycles. The maximum Gasteiger partial charge on any atom is 0.163 e. The maximum absolute atomic E-state index is 13.5. The topological polar surface area (TPSA) is 61.4 Å². The summed E-state index contributed by atoms with van der Waals surface area (Å²) in [7, 11) is 0. The van der Waals surface area contributed by atoms with Crippen LogP contribution in [0.4, 0.5) is 11.4 Å². The Hall–Kier alpha value is -2.95. The fourth-order valence-electron chi connectivity index (χ4n) is 4.51. The van der Waals surface area contributed by atoms with E-state index in [1.165, 1.54) is 0 Å². The van der Waals surface area contributed by atoms with E-state index in [-0.39, 0.29) is 17.5 Å². The lowest BCUT2D eigenvalue weighted by molar-refractivity contribution is -0.116. The molecule has 5 rings (SSSR count). The fraction of sp³-hybridized carbons (Fsp3) is 0.160. The van der Waals surface area contributed by atoms with Crippen molar-refractivity contribution in [3.63, 3.8) is 0 Å². The Morgan fingerprint density at radius 1 is 0.871 bits per heavy atom. The molecule has 2 atom stereocenters. The summed E-state index contributed by atoms with van der Waals surface area (Å²) in [6.45, 7) is 0. The number of ketones is 1. The first-order valence-electron chi connectivity index (χ1n) is 10.1. The molecule has 3 aromatic rings. The van der Waals surface area contributed by atoms with Gasteiger partial charge in [-0.3, -0.25) is 4.79 Å². The first-order chi connectivity index (χ1) is 15.0. The molecule has 2 aliphatic rings. The molecule has 0 saturated carbocycles. The van der Waals surface area contributed by atoms with E-state index in [1.54, 1.807) is 18.2 Å². The summed E-state index contributed by atoms with van der Waals surface area (Å²) in [4.78, 5) is 13.5. The maximum atomic E-state index is 13.5. The standard InChI is InChI=1S/C25H20Cl2N2O2/c26-15-9-10-22(30)17(13-15)25-24-21(28-19-7-3-4-8-20(19)29-25)11-14(12-23(24)31)16-5-1-2-6-18(16)27/h1-10,13-14,25,28-30H,11-12H2. The van der Waals surface area contributed by atoms with Crippen LogP contribution in [-0.2, 0) is 4.79 Å². The zero-order valence-corrected chi connectivity index (χ0v) is 18.0. The number of hydrogen-bond donors (Lipinski definition) is 3. The van der Waals surface area contributed by atoms with Crippen molar-refractivity contribution in [2.24, 2.45) is 0 Å². The Morgan fingerprint density at radius 3 is 2.42 bits per heavy atom. The molecule has 156 valence electrons. The monoisotopic (exact) mass is 450 g/mol. The number of nitrogens with one attached hydrogen (secondary N) is 2. The van der Waals surface area contributed by atoms with Gasteiger partial charge in [-0.15, -0.1) is 0 Å². The van der Waals surface area contributed by atoms with Gasteiger partial charge in [0.05, 0.1) is 17.4 Å². The van der Waals surface area contributed by atoms with Crippen LogP contribution in [0.1, 0.15) is 35.9 Å². The Labute approximate surface area is 190 Å². The predicted molar refractivity (Wildman–Crippen MR) is 125 cm³/mol. The molecular weight excluding hydrogens is 431 g/mol. The Bertz CT molecular complexity index is 1220. The molecule has 31 heavy (non-hydrogen) atoms. The number of para-hydroxylation sites is 2. The molecule has 4 nitrogen and oxygen atoms in total. The van der Waals surface area contributed by atoms with Crippen molar-refractivity contribution in [3.05, 3.63) is 99.2 Å². The van der Waals surface area contributed by atoms with E-state index < -0.39 is 6.04 Å². The van der Waals surface area contributed by atoms with E-state index in [0.29, 0.717) is 34.0 Å². The van der Waals surface area contributed by atoms with E-state index >= 15 is 0 Å². The number of aromatic hydroxyl groups is 1. The van der Waals surface area contributed by atoms with Gasteiger partial charge in [0.2, 0.25) is 0 Å². The number of Topliss-reactive ketones (excluding diaryl/α,β-unsaturated/α-hetero) is 1. The summed E-state index contributed by atoms with van der Waals surface area (Å²) in [6.07, 6.45) is 0.985. The second kappa shape index (κ2) is 7.95. The lowest BCUT2D eigenvalue weighted by Crippen LogP contribution is -2.27. The van der Waals surface area contributed by atoms with Gasteiger partial charge < -0.3 is 15.7 Å². The lowest BCUT2D eigenvalue weighted by atomic mass is 9.78. The molecule has 0 aromatic heterocycles. The quantitative estimate of drug-likeness (QED) is 0.407. The second-order valence-electron chi connectivity index (χ2n) is 7.89. The number of allylic oxidation sites excluding steroid dienone is 1. The highest BCUT2D eigenvalue weighted by atomic mass is 35.5. The minimum atomic E-state index is -0.524. The van der Waals surface area contributed by atoms with Crippen LogP contribution in [0.2, 0.25) is 10.0 Å². The van der Waals surface area contributed by atoms with Crippen LogP contribution in [-0.4, -0.2) is 10.9 Å². The number of rotatable bonds is 2. The highest BCUT2D eigenvalue weighted by Gasteiger charge is 2.37. The predicted octanol–water partition coefficient (Wildman–Crippen LogP) is 6.68. The number of halogens is 2. The number of hydrogen-bond acceptors (Lipinski definition) is 4. The second-order valence-corrected chi connectivity index (χ2v) is 8.74. The molecule has 6 heteroatoms. The highest BCUT2D eigenvalue weighted by molar-refractivity contribution is 6.31. The molecule has 1 aliphatic heterocycles. The average molecular weight is 451 g/mol. The van der Waals surface area contributed by atoms with Crippen LogP contribution in [0.15, 0.2) is 78.0 Å². The molecule has 0 radical (unpaired) electrons. The minimum Gasteiger partial charge on any atom is -0.508 e. The number of fused-ring (bicyclic) bond motifs is 1. The van der Waals surface area contributed by atoms with Crippen LogP contribution < -0.4 is 10.6 Å². The van der Waals surface area contributed by atoms with Crippen molar-refractivity contribution >= 4 is 40.4 Å². The third-order valence-electron chi connectivity index (χ3n) is 5.95. The van der Waals surface area contributed by atoms with E-state index in [9.17, 15) is 9.90 Å². The van der Waals surface area contributed by atoms with Crippen LogP contribution in [0.3, 0.4) is 0 Å². The summed E-state index contributed by atoms with van der Waals surface area (Å²) in [6, 6.07) is 19.8. The van der Waals surface area contributed by atoms with E-state index in [0.717, 1.165) is 22.6 Å². The van der Waals surface area contributed by atoms with Gasteiger partial charge in [0.25, 0.3) is 0 Å². The third-order valence-corrected chi connectivity index (χ3v) is 6.53. The van der Waals surface area contributed by atoms with Crippen molar-refractivity contribution in [1.29, 1.82) is 0 Å². The molecule has 1 heterocycles. The molecule has 2 unspecified atom stereocenters. The van der Waals surface area contributed by atoms with E-state index in [2.05, 4.69) is 10.6 Å². The number of phenolic OH excluding ortho intramolecular Hbond substituents is 1. The van der Waals surface area contributed by atoms with Gasteiger partial charge in [0.1, 0.15) is 5.75 Å². The highest BCUT2D eigenvalue weighted by Crippen LogP contribution is 2.46. The van der Waals surface area contributed by atoms with Crippen LogP contribution >= 0.6 is 23.2 Å². The molecule has 0 amide bonds. The Morgan fingerprint density at radius 2 is 1.61 bits per heavy atom. The van der Waals surface area contributed by atoms with Gasteiger partial charge in [0.15, 0.2) is 5.78 Å². The normalized spacial score (nSPS) is 20.3. The van der Waals surface area contributed by atoms with Crippen molar-refractivity contribution in [1.82, 2.24) is 0 Å². The van der Waals surface area contributed by atoms with Gasteiger partial charge >= 0.3 is 0 Å². The summed E-state index contributed by atoms with van der Waals surface area (Å²) < 4.78 is 0. The van der Waals surface area contributed by atoms with Crippen molar-refractivity contribution < 1.29 is 9.90 Å².